The summed E-state index contributed by atoms with van der Waals surface area (Å²) in [6.45, 7) is 5.76. The van der Waals surface area contributed by atoms with E-state index < -0.39 is 0 Å². The van der Waals surface area contributed by atoms with Gasteiger partial charge in [-0.25, -0.2) is 0 Å². The Labute approximate surface area is 140 Å². The maximum Gasteiger partial charge on any atom is 0.137 e. The fraction of sp³-hybridized carbons (Fsp3) is 0.895. The van der Waals surface area contributed by atoms with Gasteiger partial charge in [-0.1, -0.05) is 38.5 Å². The van der Waals surface area contributed by atoms with E-state index in [2.05, 4.69) is 26.6 Å². The van der Waals surface area contributed by atoms with Crippen molar-refractivity contribution in [3.8, 4) is 0 Å². The van der Waals surface area contributed by atoms with Crippen LogP contribution in [0.25, 0.3) is 0 Å². The van der Waals surface area contributed by atoms with Crippen LogP contribution >= 0.6 is 0 Å². The van der Waals surface area contributed by atoms with Crippen molar-refractivity contribution in [3.63, 3.8) is 0 Å². The molecule has 3 aliphatic rings. The predicted octanol–water partition coefficient (Wildman–Crippen LogP) is 3.98. The molecule has 3 fully saturated rings. The summed E-state index contributed by atoms with van der Waals surface area (Å²) in [6.07, 6.45) is 16.1. The van der Waals surface area contributed by atoms with Gasteiger partial charge in [-0.15, -0.1) is 10.2 Å². The molecule has 1 aromatic heterocycles. The first-order valence-corrected chi connectivity index (χ1v) is 9.94. The molecule has 128 valence electrons. The van der Waals surface area contributed by atoms with E-state index in [0.29, 0.717) is 11.3 Å². The van der Waals surface area contributed by atoms with E-state index in [1.807, 2.05) is 6.33 Å². The van der Waals surface area contributed by atoms with Gasteiger partial charge in [0, 0.05) is 31.6 Å². The van der Waals surface area contributed by atoms with Crippen molar-refractivity contribution in [2.45, 2.75) is 89.6 Å². The topological polar surface area (TPSA) is 34.0 Å². The van der Waals surface area contributed by atoms with Gasteiger partial charge in [-0.05, 0) is 38.0 Å². The molecule has 2 aliphatic carbocycles. The Morgan fingerprint density at radius 1 is 1.09 bits per heavy atom. The van der Waals surface area contributed by atoms with Crippen molar-refractivity contribution >= 4 is 0 Å². The number of nitrogens with zero attached hydrogens (tertiary/aromatic N) is 4. The zero-order valence-corrected chi connectivity index (χ0v) is 14.7. The summed E-state index contributed by atoms with van der Waals surface area (Å²) in [7, 11) is 0. The standard InChI is InChI=1S/C19H32N4/c1-2-22-15-20-21-18(22)17-13-23(16-9-5-3-6-10-16)14-19(17)11-7-4-8-12-19/h15-17H,2-14H2,1H3. The molecular weight excluding hydrogens is 284 g/mol. The van der Waals surface area contributed by atoms with Crippen LogP contribution in [0.1, 0.15) is 82.9 Å². The van der Waals surface area contributed by atoms with Gasteiger partial charge in [0.15, 0.2) is 0 Å². The first kappa shape index (κ1) is 15.6. The first-order valence-electron chi connectivity index (χ1n) is 9.94. The summed E-state index contributed by atoms with van der Waals surface area (Å²) in [5, 5.41) is 8.83. The molecule has 1 saturated heterocycles. The molecular formula is C19H32N4. The van der Waals surface area contributed by atoms with Crippen molar-refractivity contribution in [1.82, 2.24) is 19.7 Å². The van der Waals surface area contributed by atoms with E-state index in [0.717, 1.165) is 12.6 Å². The molecule has 2 saturated carbocycles. The third kappa shape index (κ3) is 2.84. The number of likely N-dealkylation sites (tertiary alicyclic amines) is 1. The van der Waals surface area contributed by atoms with Crippen LogP contribution in [-0.4, -0.2) is 38.8 Å². The van der Waals surface area contributed by atoms with Crippen LogP contribution in [0.2, 0.25) is 0 Å². The van der Waals surface area contributed by atoms with E-state index in [4.69, 9.17) is 0 Å². The average molecular weight is 316 g/mol. The molecule has 1 spiro atoms. The number of rotatable bonds is 3. The fourth-order valence-electron chi connectivity index (χ4n) is 5.63. The quantitative estimate of drug-likeness (QED) is 0.846. The molecule has 0 amide bonds. The minimum absolute atomic E-state index is 0.482. The van der Waals surface area contributed by atoms with Gasteiger partial charge in [0.2, 0.25) is 0 Å². The van der Waals surface area contributed by atoms with E-state index in [9.17, 15) is 0 Å². The second-order valence-corrected chi connectivity index (χ2v) is 8.17. The highest BCUT2D eigenvalue weighted by molar-refractivity contribution is 5.13. The van der Waals surface area contributed by atoms with Crippen molar-refractivity contribution in [2.75, 3.05) is 13.1 Å². The highest BCUT2D eigenvalue weighted by atomic mass is 15.3. The SMILES string of the molecule is CCn1cnnc1C1CN(C2CCCCC2)CC12CCCCC2. The highest BCUT2D eigenvalue weighted by Crippen LogP contribution is 2.52. The smallest absolute Gasteiger partial charge is 0.137 e. The number of hydrogen-bond acceptors (Lipinski definition) is 3. The summed E-state index contributed by atoms with van der Waals surface area (Å²) in [5.41, 5.74) is 0.482. The van der Waals surface area contributed by atoms with E-state index in [-0.39, 0.29) is 0 Å². The molecule has 1 aromatic rings. The second-order valence-electron chi connectivity index (χ2n) is 8.17. The maximum atomic E-state index is 4.58. The lowest BCUT2D eigenvalue weighted by molar-refractivity contribution is 0.135. The zero-order chi connectivity index (χ0) is 15.7. The molecule has 2 heterocycles. The van der Waals surface area contributed by atoms with Gasteiger partial charge in [0.05, 0.1) is 0 Å². The average Bonchev–Trinajstić information content (AvgIpc) is 3.21. The van der Waals surface area contributed by atoms with Crippen molar-refractivity contribution in [1.29, 1.82) is 0 Å². The molecule has 4 heteroatoms. The lowest BCUT2D eigenvalue weighted by Crippen LogP contribution is -2.37. The molecule has 1 unspecified atom stereocenters. The Morgan fingerprint density at radius 3 is 2.57 bits per heavy atom. The van der Waals surface area contributed by atoms with Gasteiger partial charge in [-0.3, -0.25) is 4.90 Å². The maximum absolute atomic E-state index is 4.58. The van der Waals surface area contributed by atoms with Gasteiger partial charge < -0.3 is 4.57 Å². The van der Waals surface area contributed by atoms with Crippen LogP contribution in [0.5, 0.6) is 0 Å². The van der Waals surface area contributed by atoms with Crippen molar-refractivity contribution in [2.24, 2.45) is 5.41 Å². The van der Waals surface area contributed by atoms with Crippen LogP contribution in [0.4, 0.5) is 0 Å². The number of hydrogen-bond donors (Lipinski definition) is 0. The van der Waals surface area contributed by atoms with Crippen LogP contribution in [0.3, 0.4) is 0 Å². The van der Waals surface area contributed by atoms with Crippen LogP contribution in [-0.2, 0) is 6.54 Å². The Hall–Kier alpha value is -0.900. The van der Waals surface area contributed by atoms with Crippen LogP contribution < -0.4 is 0 Å². The Balaban J connectivity index is 1.61. The summed E-state index contributed by atoms with van der Waals surface area (Å²) in [5.74, 6) is 1.87. The van der Waals surface area contributed by atoms with Gasteiger partial charge in [0.1, 0.15) is 12.2 Å². The van der Waals surface area contributed by atoms with Gasteiger partial charge in [-0.2, -0.15) is 0 Å². The molecule has 4 rings (SSSR count). The number of aryl methyl sites for hydroxylation is 1. The monoisotopic (exact) mass is 316 g/mol. The second kappa shape index (κ2) is 6.54. The Bertz CT molecular complexity index is 511. The molecule has 0 aromatic carbocycles. The van der Waals surface area contributed by atoms with Gasteiger partial charge >= 0.3 is 0 Å². The van der Waals surface area contributed by atoms with Crippen molar-refractivity contribution < 1.29 is 0 Å². The Kier molecular flexibility index (Phi) is 4.44. The fourth-order valence-corrected chi connectivity index (χ4v) is 5.63. The van der Waals surface area contributed by atoms with Crippen LogP contribution in [0.15, 0.2) is 6.33 Å². The van der Waals surface area contributed by atoms with Crippen molar-refractivity contribution in [3.05, 3.63) is 12.2 Å². The molecule has 0 radical (unpaired) electrons. The normalized spacial score (nSPS) is 29.3. The third-order valence-electron chi connectivity index (χ3n) is 6.91. The minimum Gasteiger partial charge on any atom is -0.318 e. The summed E-state index contributed by atoms with van der Waals surface area (Å²) >= 11 is 0. The Morgan fingerprint density at radius 2 is 1.83 bits per heavy atom. The first-order chi connectivity index (χ1) is 11.3. The zero-order valence-electron chi connectivity index (χ0n) is 14.7. The molecule has 23 heavy (non-hydrogen) atoms. The highest BCUT2D eigenvalue weighted by Gasteiger charge is 2.50. The van der Waals surface area contributed by atoms with Gasteiger partial charge in [0.25, 0.3) is 0 Å². The summed E-state index contributed by atoms with van der Waals surface area (Å²) in [4.78, 5) is 2.85. The molecule has 1 atom stereocenters. The minimum atomic E-state index is 0.482. The summed E-state index contributed by atoms with van der Waals surface area (Å²) < 4.78 is 2.30. The molecule has 0 bridgehead atoms. The summed E-state index contributed by atoms with van der Waals surface area (Å²) in [6, 6.07) is 0.838. The lowest BCUT2D eigenvalue weighted by atomic mass is 9.67. The lowest BCUT2D eigenvalue weighted by Gasteiger charge is -2.38. The van der Waals surface area contributed by atoms with E-state index in [1.54, 1.807) is 0 Å². The van der Waals surface area contributed by atoms with Crippen LogP contribution in [0, 0.1) is 5.41 Å². The van der Waals surface area contributed by atoms with E-state index in [1.165, 1.54) is 83.1 Å². The number of aromatic nitrogens is 3. The predicted molar refractivity (Wildman–Crippen MR) is 92.4 cm³/mol. The molecule has 0 N–H and O–H groups in total. The largest absolute Gasteiger partial charge is 0.318 e. The molecule has 1 aliphatic heterocycles. The van der Waals surface area contributed by atoms with E-state index >= 15 is 0 Å². The third-order valence-corrected chi connectivity index (χ3v) is 6.91. The molecule has 4 nitrogen and oxygen atoms in total.